The molecule has 19 heavy (non-hydrogen) atoms. The molecule has 0 bridgehead atoms. The van der Waals surface area contributed by atoms with Gasteiger partial charge in [-0.3, -0.25) is 0 Å². The standard InChI is InChI=1S/C14H13BrFNO2/c1-19-14-5-2-10(15)6-9(14)8-17-11-3-4-13(18)12(16)7-11/h2-7,17-18H,8H2,1H3. The van der Waals surface area contributed by atoms with Crippen LogP contribution in [0.15, 0.2) is 40.9 Å². The normalized spacial score (nSPS) is 10.3. The molecule has 0 spiro atoms. The summed E-state index contributed by atoms with van der Waals surface area (Å²) in [7, 11) is 1.60. The Bertz CT molecular complexity index is 590. The summed E-state index contributed by atoms with van der Waals surface area (Å²) in [6.07, 6.45) is 0. The molecule has 0 saturated heterocycles. The van der Waals surface area contributed by atoms with Crippen LogP contribution < -0.4 is 10.1 Å². The van der Waals surface area contributed by atoms with E-state index in [4.69, 9.17) is 9.84 Å². The lowest BCUT2D eigenvalue weighted by Crippen LogP contribution is -2.02. The van der Waals surface area contributed by atoms with Gasteiger partial charge in [0.1, 0.15) is 5.75 Å². The number of rotatable bonds is 4. The summed E-state index contributed by atoms with van der Waals surface area (Å²) in [6, 6.07) is 9.86. The number of phenols is 1. The second kappa shape index (κ2) is 5.93. The number of nitrogens with one attached hydrogen (secondary N) is 1. The van der Waals surface area contributed by atoms with Gasteiger partial charge in [-0.2, -0.15) is 0 Å². The quantitative estimate of drug-likeness (QED) is 0.837. The third kappa shape index (κ3) is 3.38. The molecule has 2 N–H and O–H groups in total. The van der Waals surface area contributed by atoms with Gasteiger partial charge in [0.2, 0.25) is 0 Å². The second-order valence-electron chi connectivity index (χ2n) is 3.98. The molecular weight excluding hydrogens is 313 g/mol. The van der Waals surface area contributed by atoms with Gasteiger partial charge in [-0.25, -0.2) is 4.39 Å². The van der Waals surface area contributed by atoms with Crippen LogP contribution in [0, 0.1) is 5.82 Å². The molecule has 0 heterocycles. The van der Waals surface area contributed by atoms with Crippen LogP contribution >= 0.6 is 15.9 Å². The first kappa shape index (κ1) is 13.7. The number of hydrogen-bond acceptors (Lipinski definition) is 3. The number of benzene rings is 2. The Balaban J connectivity index is 2.13. The lowest BCUT2D eigenvalue weighted by Gasteiger charge is -2.11. The second-order valence-corrected chi connectivity index (χ2v) is 4.89. The highest BCUT2D eigenvalue weighted by Crippen LogP contribution is 2.25. The van der Waals surface area contributed by atoms with Crippen LogP contribution in [0.1, 0.15) is 5.56 Å². The van der Waals surface area contributed by atoms with Gasteiger partial charge in [0.05, 0.1) is 7.11 Å². The van der Waals surface area contributed by atoms with Crippen LogP contribution in [0.2, 0.25) is 0 Å². The number of methoxy groups -OCH3 is 1. The van der Waals surface area contributed by atoms with Crippen LogP contribution in [0.25, 0.3) is 0 Å². The smallest absolute Gasteiger partial charge is 0.166 e. The van der Waals surface area contributed by atoms with E-state index in [1.54, 1.807) is 13.2 Å². The van der Waals surface area contributed by atoms with E-state index >= 15 is 0 Å². The number of phenolic OH excluding ortho intramolecular Hbond substituents is 1. The Hall–Kier alpha value is -1.75. The van der Waals surface area contributed by atoms with E-state index in [-0.39, 0.29) is 5.75 Å². The van der Waals surface area contributed by atoms with Gasteiger partial charge in [0.15, 0.2) is 11.6 Å². The van der Waals surface area contributed by atoms with Gasteiger partial charge in [-0.15, -0.1) is 0 Å². The third-order valence-corrected chi connectivity index (χ3v) is 3.17. The van der Waals surface area contributed by atoms with Gasteiger partial charge in [0.25, 0.3) is 0 Å². The SMILES string of the molecule is COc1ccc(Br)cc1CNc1ccc(O)c(F)c1. The van der Waals surface area contributed by atoms with Gasteiger partial charge < -0.3 is 15.2 Å². The van der Waals surface area contributed by atoms with Crippen LogP contribution in [-0.4, -0.2) is 12.2 Å². The van der Waals surface area contributed by atoms with E-state index in [1.165, 1.54) is 12.1 Å². The van der Waals surface area contributed by atoms with Crippen LogP contribution in [0.5, 0.6) is 11.5 Å². The summed E-state index contributed by atoms with van der Waals surface area (Å²) in [5.41, 5.74) is 1.54. The maximum absolute atomic E-state index is 13.2. The maximum Gasteiger partial charge on any atom is 0.166 e. The minimum absolute atomic E-state index is 0.356. The van der Waals surface area contributed by atoms with Gasteiger partial charge >= 0.3 is 0 Å². The predicted molar refractivity (Wildman–Crippen MR) is 76.1 cm³/mol. The largest absolute Gasteiger partial charge is 0.505 e. The molecule has 5 heteroatoms. The van der Waals surface area contributed by atoms with Crippen LogP contribution in [-0.2, 0) is 6.54 Å². The molecular formula is C14H13BrFNO2. The first-order chi connectivity index (χ1) is 9.10. The highest BCUT2D eigenvalue weighted by molar-refractivity contribution is 9.10. The summed E-state index contributed by atoms with van der Waals surface area (Å²) >= 11 is 3.40. The lowest BCUT2D eigenvalue weighted by atomic mass is 10.2. The Morgan fingerprint density at radius 3 is 2.74 bits per heavy atom. The van der Waals surface area contributed by atoms with Crippen molar-refractivity contribution in [3.05, 3.63) is 52.3 Å². The van der Waals surface area contributed by atoms with Crippen molar-refractivity contribution in [3.63, 3.8) is 0 Å². The zero-order valence-electron chi connectivity index (χ0n) is 10.3. The van der Waals surface area contributed by atoms with E-state index in [2.05, 4.69) is 21.2 Å². The highest BCUT2D eigenvalue weighted by Gasteiger charge is 2.05. The van der Waals surface area contributed by atoms with Crippen molar-refractivity contribution >= 4 is 21.6 Å². The molecule has 0 unspecified atom stereocenters. The third-order valence-electron chi connectivity index (χ3n) is 2.67. The minimum atomic E-state index is -0.647. The fourth-order valence-corrected chi connectivity index (χ4v) is 2.11. The Kier molecular flexibility index (Phi) is 4.27. The summed E-state index contributed by atoms with van der Waals surface area (Å²) in [4.78, 5) is 0. The molecule has 100 valence electrons. The van der Waals surface area contributed by atoms with Crippen molar-refractivity contribution < 1.29 is 14.2 Å². The fraction of sp³-hybridized carbons (Fsp3) is 0.143. The van der Waals surface area contributed by atoms with E-state index in [9.17, 15) is 4.39 Å². The van der Waals surface area contributed by atoms with Gasteiger partial charge in [-0.05, 0) is 30.3 Å². The topological polar surface area (TPSA) is 41.5 Å². The molecule has 0 radical (unpaired) electrons. The van der Waals surface area contributed by atoms with Crippen molar-refractivity contribution in [2.45, 2.75) is 6.54 Å². The number of hydrogen-bond donors (Lipinski definition) is 2. The lowest BCUT2D eigenvalue weighted by molar-refractivity contribution is 0.410. The molecule has 3 nitrogen and oxygen atoms in total. The van der Waals surface area contributed by atoms with E-state index < -0.39 is 5.82 Å². The molecule has 2 aromatic rings. The molecule has 0 amide bonds. The van der Waals surface area contributed by atoms with Crippen molar-refractivity contribution in [3.8, 4) is 11.5 Å². The zero-order valence-corrected chi connectivity index (χ0v) is 11.9. The number of halogens is 2. The molecule has 2 aromatic carbocycles. The first-order valence-electron chi connectivity index (χ1n) is 5.65. The summed E-state index contributed by atoms with van der Waals surface area (Å²) in [6.45, 7) is 0.493. The maximum atomic E-state index is 13.2. The Morgan fingerprint density at radius 1 is 1.26 bits per heavy atom. The number of anilines is 1. The average molecular weight is 326 g/mol. The molecule has 0 aromatic heterocycles. The Labute approximate surface area is 119 Å². The van der Waals surface area contributed by atoms with E-state index in [1.807, 2.05) is 18.2 Å². The molecule has 0 fully saturated rings. The van der Waals surface area contributed by atoms with Crippen LogP contribution in [0.4, 0.5) is 10.1 Å². The highest BCUT2D eigenvalue weighted by atomic mass is 79.9. The predicted octanol–water partition coefficient (Wildman–Crippen LogP) is 3.91. The molecule has 0 atom stereocenters. The van der Waals surface area contributed by atoms with E-state index in [0.29, 0.717) is 12.2 Å². The molecule has 0 aliphatic carbocycles. The number of ether oxygens (including phenoxy) is 1. The minimum Gasteiger partial charge on any atom is -0.505 e. The van der Waals surface area contributed by atoms with E-state index in [0.717, 1.165) is 15.8 Å². The Morgan fingerprint density at radius 2 is 2.05 bits per heavy atom. The average Bonchev–Trinajstić information content (AvgIpc) is 2.40. The number of aromatic hydroxyl groups is 1. The molecule has 0 aliphatic rings. The molecule has 0 saturated carbocycles. The fourth-order valence-electron chi connectivity index (χ4n) is 1.70. The summed E-state index contributed by atoms with van der Waals surface area (Å²) in [5.74, 6) is -0.244. The van der Waals surface area contributed by atoms with Crippen molar-refractivity contribution in [1.29, 1.82) is 0 Å². The van der Waals surface area contributed by atoms with Crippen LogP contribution in [0.3, 0.4) is 0 Å². The summed E-state index contributed by atoms with van der Waals surface area (Å²) in [5, 5.41) is 12.2. The summed E-state index contributed by atoms with van der Waals surface area (Å²) < 4.78 is 19.4. The molecule has 0 aliphatic heterocycles. The molecule has 2 rings (SSSR count). The first-order valence-corrected chi connectivity index (χ1v) is 6.44. The van der Waals surface area contributed by atoms with Crippen molar-refractivity contribution in [1.82, 2.24) is 0 Å². The van der Waals surface area contributed by atoms with Gasteiger partial charge in [0, 0.05) is 28.3 Å². The monoisotopic (exact) mass is 325 g/mol. The zero-order chi connectivity index (χ0) is 13.8. The van der Waals surface area contributed by atoms with Crippen molar-refractivity contribution in [2.24, 2.45) is 0 Å². The van der Waals surface area contributed by atoms with Gasteiger partial charge in [-0.1, -0.05) is 15.9 Å². The van der Waals surface area contributed by atoms with Crippen molar-refractivity contribution in [2.75, 3.05) is 12.4 Å².